The second kappa shape index (κ2) is 7.86. The van der Waals surface area contributed by atoms with Crippen LogP contribution in [0.2, 0.25) is 0 Å². The molecule has 0 radical (unpaired) electrons. The van der Waals surface area contributed by atoms with Gasteiger partial charge in [-0.15, -0.1) is 0 Å². The molecule has 150 valence electrons. The summed E-state index contributed by atoms with van der Waals surface area (Å²) in [7, 11) is -3.94. The van der Waals surface area contributed by atoms with E-state index in [1.54, 1.807) is 19.1 Å². The first-order chi connectivity index (χ1) is 13.2. The number of nitro benzene ring substituents is 1. The van der Waals surface area contributed by atoms with Crippen LogP contribution in [0.5, 0.6) is 11.5 Å². The zero-order chi connectivity index (χ0) is 20.5. The monoisotopic (exact) mass is 405 g/mol. The van der Waals surface area contributed by atoms with E-state index in [2.05, 4.69) is 5.32 Å². The Morgan fingerprint density at radius 3 is 2.21 bits per heavy atom. The lowest BCUT2D eigenvalue weighted by molar-refractivity contribution is -0.385. The maximum Gasteiger partial charge on any atom is 0.273 e. The number of hydrogen-bond donors (Lipinski definition) is 1. The van der Waals surface area contributed by atoms with E-state index in [1.165, 1.54) is 10.4 Å². The molecule has 1 heterocycles. The van der Waals surface area contributed by atoms with Crippen molar-refractivity contribution in [1.82, 2.24) is 9.62 Å². The summed E-state index contributed by atoms with van der Waals surface area (Å²) in [5.74, 6) is 0.578. The fourth-order valence-corrected chi connectivity index (χ4v) is 4.83. The number of nitro groups is 1. The van der Waals surface area contributed by atoms with Crippen LogP contribution in [0.3, 0.4) is 0 Å². The highest BCUT2D eigenvalue weighted by Crippen LogP contribution is 2.36. The van der Waals surface area contributed by atoms with Crippen molar-refractivity contribution >= 4 is 15.7 Å². The lowest BCUT2D eigenvalue weighted by Crippen LogP contribution is -2.46. The highest BCUT2D eigenvalue weighted by Gasteiger charge is 2.32. The maximum atomic E-state index is 13.2. The van der Waals surface area contributed by atoms with Gasteiger partial charge in [-0.05, 0) is 50.1 Å². The second-order valence-corrected chi connectivity index (χ2v) is 8.83. The third kappa shape index (κ3) is 4.16. The molecular formula is C19H23N3O5S. The number of ether oxygens (including phenoxy) is 1. The van der Waals surface area contributed by atoms with Gasteiger partial charge < -0.3 is 10.1 Å². The number of nitrogens with one attached hydrogen (secondary N) is 1. The van der Waals surface area contributed by atoms with Crippen molar-refractivity contribution in [2.75, 3.05) is 26.2 Å². The van der Waals surface area contributed by atoms with Crippen molar-refractivity contribution in [3.8, 4) is 11.5 Å². The van der Waals surface area contributed by atoms with E-state index < -0.39 is 14.9 Å². The van der Waals surface area contributed by atoms with E-state index in [4.69, 9.17) is 4.74 Å². The molecule has 1 aliphatic heterocycles. The van der Waals surface area contributed by atoms with Gasteiger partial charge in [0.25, 0.3) is 5.69 Å². The van der Waals surface area contributed by atoms with Crippen molar-refractivity contribution in [2.24, 2.45) is 0 Å². The zero-order valence-electron chi connectivity index (χ0n) is 16.1. The molecule has 1 N–H and O–H groups in total. The molecule has 0 aliphatic carbocycles. The van der Waals surface area contributed by atoms with Gasteiger partial charge in [-0.1, -0.05) is 6.07 Å². The Bertz CT molecular complexity index is 994. The van der Waals surface area contributed by atoms with Gasteiger partial charge in [-0.25, -0.2) is 8.42 Å². The first-order valence-corrected chi connectivity index (χ1v) is 10.4. The van der Waals surface area contributed by atoms with E-state index in [1.807, 2.05) is 19.9 Å². The molecule has 0 bridgehead atoms. The number of piperazine rings is 1. The minimum atomic E-state index is -3.94. The summed E-state index contributed by atoms with van der Waals surface area (Å²) in [6.45, 7) is 7.05. The molecule has 0 aromatic heterocycles. The molecule has 0 saturated carbocycles. The summed E-state index contributed by atoms with van der Waals surface area (Å²) in [5, 5.41) is 14.5. The van der Waals surface area contributed by atoms with Crippen molar-refractivity contribution in [1.29, 1.82) is 0 Å². The average Bonchev–Trinajstić information content (AvgIpc) is 2.61. The molecule has 2 aromatic carbocycles. The third-order valence-corrected chi connectivity index (χ3v) is 6.50. The van der Waals surface area contributed by atoms with Crippen LogP contribution in [-0.4, -0.2) is 43.8 Å². The van der Waals surface area contributed by atoms with Crippen LogP contribution in [-0.2, 0) is 10.0 Å². The first kappa shape index (κ1) is 20.2. The van der Waals surface area contributed by atoms with Crippen LogP contribution in [0.15, 0.2) is 35.2 Å². The smallest absolute Gasteiger partial charge is 0.273 e. The van der Waals surface area contributed by atoms with Crippen LogP contribution in [0.1, 0.15) is 16.7 Å². The van der Waals surface area contributed by atoms with Gasteiger partial charge >= 0.3 is 0 Å². The second-order valence-electron chi connectivity index (χ2n) is 6.92. The van der Waals surface area contributed by atoms with Gasteiger partial charge in [0.2, 0.25) is 10.0 Å². The van der Waals surface area contributed by atoms with Crippen molar-refractivity contribution in [3.05, 3.63) is 57.1 Å². The topological polar surface area (TPSA) is 102 Å². The summed E-state index contributed by atoms with van der Waals surface area (Å²) >= 11 is 0. The molecule has 1 aliphatic rings. The molecule has 3 rings (SSSR count). The number of benzene rings is 2. The number of sulfonamides is 1. The zero-order valence-corrected chi connectivity index (χ0v) is 16.9. The number of hydrogen-bond acceptors (Lipinski definition) is 6. The summed E-state index contributed by atoms with van der Waals surface area (Å²) in [5.41, 5.74) is 2.03. The van der Waals surface area contributed by atoms with E-state index in [-0.39, 0.29) is 16.3 Å². The molecule has 0 atom stereocenters. The number of aryl methyl sites for hydroxylation is 3. The molecule has 8 nitrogen and oxygen atoms in total. The van der Waals surface area contributed by atoms with E-state index in [0.29, 0.717) is 37.5 Å². The Kier molecular flexibility index (Phi) is 5.69. The van der Waals surface area contributed by atoms with Gasteiger partial charge in [-0.2, -0.15) is 4.31 Å². The van der Waals surface area contributed by atoms with Crippen LogP contribution in [0.25, 0.3) is 0 Å². The molecule has 0 spiro atoms. The standard InChI is InChI=1S/C19H23N3O5S/c1-13-8-14(2)10-16(9-13)27-18-11-15(3)17(22(23)24)12-19(18)28(25,26)21-6-4-20-5-7-21/h8-12,20H,4-7H2,1-3H3. The summed E-state index contributed by atoms with van der Waals surface area (Å²) < 4.78 is 33.7. The predicted octanol–water partition coefficient (Wildman–Crippen LogP) is 2.91. The minimum absolute atomic E-state index is 0.0895. The summed E-state index contributed by atoms with van der Waals surface area (Å²) in [6.07, 6.45) is 0. The molecule has 0 unspecified atom stereocenters. The van der Waals surface area contributed by atoms with Crippen LogP contribution in [0.4, 0.5) is 5.69 Å². The molecule has 2 aromatic rings. The minimum Gasteiger partial charge on any atom is -0.456 e. The fourth-order valence-electron chi connectivity index (χ4n) is 3.27. The molecular weight excluding hydrogens is 382 g/mol. The fraction of sp³-hybridized carbons (Fsp3) is 0.368. The SMILES string of the molecule is Cc1cc(C)cc(Oc2cc(C)c([N+](=O)[O-])cc2S(=O)(=O)N2CCNCC2)c1. The largest absolute Gasteiger partial charge is 0.456 e. The third-order valence-electron chi connectivity index (χ3n) is 4.58. The Labute approximate surface area is 164 Å². The van der Waals surface area contributed by atoms with E-state index in [9.17, 15) is 18.5 Å². The van der Waals surface area contributed by atoms with Crippen LogP contribution >= 0.6 is 0 Å². The summed E-state index contributed by atoms with van der Waals surface area (Å²) in [4.78, 5) is 10.6. The van der Waals surface area contributed by atoms with Crippen molar-refractivity contribution < 1.29 is 18.1 Å². The highest BCUT2D eigenvalue weighted by atomic mass is 32.2. The van der Waals surface area contributed by atoms with Gasteiger partial charge in [0.1, 0.15) is 16.4 Å². The van der Waals surface area contributed by atoms with Gasteiger partial charge in [0.15, 0.2) is 0 Å². The van der Waals surface area contributed by atoms with Crippen LogP contribution in [0, 0.1) is 30.9 Å². The summed E-state index contributed by atoms with van der Waals surface area (Å²) in [6, 6.07) is 8.10. The number of nitrogens with zero attached hydrogens (tertiary/aromatic N) is 2. The Balaban J connectivity index is 2.12. The molecule has 0 amide bonds. The molecule has 9 heteroatoms. The van der Waals surface area contributed by atoms with Gasteiger partial charge in [0.05, 0.1) is 4.92 Å². The molecule has 1 saturated heterocycles. The van der Waals surface area contributed by atoms with Gasteiger partial charge in [0, 0.05) is 37.8 Å². The van der Waals surface area contributed by atoms with Crippen molar-refractivity contribution in [2.45, 2.75) is 25.7 Å². The van der Waals surface area contributed by atoms with Crippen LogP contribution < -0.4 is 10.1 Å². The number of rotatable bonds is 5. The first-order valence-electron chi connectivity index (χ1n) is 8.94. The normalized spacial score (nSPS) is 15.4. The molecule has 1 fully saturated rings. The Morgan fingerprint density at radius 1 is 1.04 bits per heavy atom. The van der Waals surface area contributed by atoms with Crippen molar-refractivity contribution in [3.63, 3.8) is 0 Å². The lowest BCUT2D eigenvalue weighted by atomic mass is 10.1. The van der Waals surface area contributed by atoms with E-state index in [0.717, 1.165) is 17.2 Å². The predicted molar refractivity (Wildman–Crippen MR) is 105 cm³/mol. The highest BCUT2D eigenvalue weighted by molar-refractivity contribution is 7.89. The Hall–Kier alpha value is -2.49. The maximum absolute atomic E-state index is 13.2. The Morgan fingerprint density at radius 2 is 1.64 bits per heavy atom. The average molecular weight is 405 g/mol. The lowest BCUT2D eigenvalue weighted by Gasteiger charge is -2.27. The quantitative estimate of drug-likeness (QED) is 0.606. The molecule has 28 heavy (non-hydrogen) atoms. The van der Waals surface area contributed by atoms with Gasteiger partial charge in [-0.3, -0.25) is 10.1 Å². The van der Waals surface area contributed by atoms with E-state index >= 15 is 0 Å².